The summed E-state index contributed by atoms with van der Waals surface area (Å²) in [7, 11) is 0. The number of nitrogens with one attached hydrogen (secondary N) is 2. The van der Waals surface area contributed by atoms with Crippen LogP contribution in [0.2, 0.25) is 0 Å². The number of ether oxygens (including phenoxy) is 1. The highest BCUT2D eigenvalue weighted by Gasteiger charge is 2.06. The van der Waals surface area contributed by atoms with Crippen molar-refractivity contribution in [3.8, 4) is 0 Å². The quantitative estimate of drug-likeness (QED) is 0.406. The third kappa shape index (κ3) is 9.93. The molecule has 9 nitrogen and oxygen atoms in total. The number of carbonyl (C=O) groups is 3. The third-order valence-electron chi connectivity index (χ3n) is 3.53. The first kappa shape index (κ1) is 24.2. The lowest BCUT2D eigenvalue weighted by atomic mass is 10.2. The molecular weight excluding hydrogens is 397 g/mol. The molecule has 2 rings (SSSR count). The molecular formula is C20H24FN3O6. The average Bonchev–Trinajstić information content (AvgIpc) is 2.68. The highest BCUT2D eigenvalue weighted by molar-refractivity contribution is 5.89. The van der Waals surface area contributed by atoms with Crippen LogP contribution in [-0.4, -0.2) is 34.9 Å². The van der Waals surface area contributed by atoms with E-state index < -0.39 is 18.0 Å². The Morgan fingerprint density at radius 1 is 1.03 bits per heavy atom. The molecule has 0 aliphatic heterocycles. The molecule has 1 amide bonds. The second-order valence-electron chi connectivity index (χ2n) is 5.91. The van der Waals surface area contributed by atoms with Crippen molar-refractivity contribution >= 4 is 35.1 Å². The Hall–Kier alpha value is -3.82. The fourth-order valence-corrected chi connectivity index (χ4v) is 2.08. The fraction of sp³-hybridized carbons (Fsp3) is 0.250. The van der Waals surface area contributed by atoms with Crippen molar-refractivity contribution in [3.63, 3.8) is 0 Å². The topological polar surface area (TPSA) is 151 Å². The minimum Gasteiger partial charge on any atom is -0.481 e. The van der Waals surface area contributed by atoms with Gasteiger partial charge >= 0.3 is 18.0 Å². The predicted molar refractivity (Wildman–Crippen MR) is 110 cm³/mol. The van der Waals surface area contributed by atoms with E-state index in [0.717, 1.165) is 11.3 Å². The van der Waals surface area contributed by atoms with Crippen molar-refractivity contribution in [3.05, 3.63) is 53.8 Å². The van der Waals surface area contributed by atoms with Crippen molar-refractivity contribution in [2.45, 2.75) is 26.3 Å². The lowest BCUT2D eigenvalue weighted by Crippen LogP contribution is -2.14. The predicted octanol–water partition coefficient (Wildman–Crippen LogP) is 3.52. The standard InChI is InChI=1S/C16H18FN3O2.C4H6O4/c1-2-22-16(21)20-15-8-7-13(9-14(15)18)19-10-11-3-5-12(17)6-4-11;5-3(6)1-2-4(7)8/h3-9,19H,2,10,18H2,1H3,(H,20,21);1-2H2,(H,5,6)(H,7,8). The van der Waals surface area contributed by atoms with Crippen LogP contribution in [0.3, 0.4) is 0 Å². The van der Waals surface area contributed by atoms with Gasteiger partial charge in [-0.1, -0.05) is 12.1 Å². The largest absolute Gasteiger partial charge is 0.481 e. The first-order valence-corrected chi connectivity index (χ1v) is 8.96. The van der Waals surface area contributed by atoms with Gasteiger partial charge in [0, 0.05) is 12.2 Å². The number of rotatable bonds is 8. The smallest absolute Gasteiger partial charge is 0.411 e. The number of amides is 1. The molecule has 6 N–H and O–H groups in total. The number of nitrogen functional groups attached to an aromatic ring is 1. The van der Waals surface area contributed by atoms with Gasteiger partial charge in [-0.25, -0.2) is 9.18 Å². The van der Waals surface area contributed by atoms with Crippen molar-refractivity contribution < 1.29 is 33.7 Å². The number of benzene rings is 2. The van der Waals surface area contributed by atoms with Crippen molar-refractivity contribution in [1.82, 2.24) is 0 Å². The number of carboxylic acid groups (broad SMARTS) is 2. The lowest BCUT2D eigenvalue weighted by Gasteiger charge is -2.11. The number of anilines is 3. The normalized spacial score (nSPS) is 9.67. The summed E-state index contributed by atoms with van der Waals surface area (Å²) in [6, 6.07) is 11.5. The molecule has 0 saturated carbocycles. The highest BCUT2D eigenvalue weighted by Crippen LogP contribution is 2.23. The molecule has 10 heteroatoms. The summed E-state index contributed by atoms with van der Waals surface area (Å²) in [6.07, 6.45) is -1.13. The second-order valence-corrected chi connectivity index (χ2v) is 5.91. The zero-order chi connectivity index (χ0) is 22.5. The summed E-state index contributed by atoms with van der Waals surface area (Å²) in [5.74, 6) is -2.41. The summed E-state index contributed by atoms with van der Waals surface area (Å²) in [6.45, 7) is 2.57. The van der Waals surface area contributed by atoms with E-state index in [-0.39, 0.29) is 18.7 Å². The molecule has 0 heterocycles. The second kappa shape index (κ2) is 12.6. The molecule has 2 aromatic rings. The van der Waals surface area contributed by atoms with Gasteiger partial charge in [-0.2, -0.15) is 0 Å². The minimum atomic E-state index is -1.08. The molecule has 0 spiro atoms. The summed E-state index contributed by atoms with van der Waals surface area (Å²) in [5, 5.41) is 21.5. The van der Waals surface area contributed by atoms with E-state index in [2.05, 4.69) is 10.6 Å². The maximum Gasteiger partial charge on any atom is 0.411 e. The minimum absolute atomic E-state index is 0.262. The van der Waals surface area contributed by atoms with Crippen LogP contribution < -0.4 is 16.4 Å². The van der Waals surface area contributed by atoms with Crippen LogP contribution in [0.1, 0.15) is 25.3 Å². The van der Waals surface area contributed by atoms with E-state index in [1.807, 2.05) is 0 Å². The zero-order valence-corrected chi connectivity index (χ0v) is 16.4. The molecule has 0 aliphatic rings. The van der Waals surface area contributed by atoms with Gasteiger partial charge in [-0.15, -0.1) is 0 Å². The molecule has 30 heavy (non-hydrogen) atoms. The Bertz CT molecular complexity index is 844. The lowest BCUT2D eigenvalue weighted by molar-refractivity contribution is -0.143. The number of hydrogen-bond donors (Lipinski definition) is 5. The Morgan fingerprint density at radius 2 is 1.63 bits per heavy atom. The van der Waals surface area contributed by atoms with Crippen LogP contribution in [0.5, 0.6) is 0 Å². The number of carboxylic acids is 2. The first-order chi connectivity index (χ1) is 14.2. The van der Waals surface area contributed by atoms with Gasteiger partial charge in [-0.05, 0) is 42.8 Å². The van der Waals surface area contributed by atoms with Crippen molar-refractivity contribution in [2.75, 3.05) is 23.0 Å². The summed E-state index contributed by atoms with van der Waals surface area (Å²) in [4.78, 5) is 30.6. The summed E-state index contributed by atoms with van der Waals surface area (Å²) in [5.41, 5.74) is 8.57. The number of hydrogen-bond acceptors (Lipinski definition) is 6. The van der Waals surface area contributed by atoms with Gasteiger partial charge in [0.25, 0.3) is 0 Å². The van der Waals surface area contributed by atoms with Crippen LogP contribution in [0, 0.1) is 5.82 Å². The van der Waals surface area contributed by atoms with Gasteiger partial charge in [0.05, 0.1) is 30.8 Å². The van der Waals surface area contributed by atoms with Crippen LogP contribution in [0.15, 0.2) is 42.5 Å². The number of halogens is 1. The van der Waals surface area contributed by atoms with Crippen LogP contribution in [-0.2, 0) is 20.9 Å². The van der Waals surface area contributed by atoms with Crippen LogP contribution >= 0.6 is 0 Å². The van der Waals surface area contributed by atoms with E-state index >= 15 is 0 Å². The van der Waals surface area contributed by atoms with E-state index in [9.17, 15) is 18.8 Å². The molecule has 0 atom stereocenters. The van der Waals surface area contributed by atoms with Crippen molar-refractivity contribution in [1.29, 1.82) is 0 Å². The molecule has 0 bridgehead atoms. The monoisotopic (exact) mass is 421 g/mol. The molecule has 0 radical (unpaired) electrons. The molecule has 0 aromatic heterocycles. The fourth-order valence-electron chi connectivity index (χ4n) is 2.08. The Labute approximate surface area is 172 Å². The maximum absolute atomic E-state index is 12.8. The molecule has 162 valence electrons. The van der Waals surface area contributed by atoms with Crippen LogP contribution in [0.25, 0.3) is 0 Å². The number of aliphatic carboxylic acids is 2. The number of carbonyl (C=O) groups excluding carboxylic acids is 1. The van der Waals surface area contributed by atoms with E-state index in [0.29, 0.717) is 24.5 Å². The van der Waals surface area contributed by atoms with Crippen molar-refractivity contribution in [2.24, 2.45) is 0 Å². The maximum atomic E-state index is 12.8. The number of nitrogens with two attached hydrogens (primary N) is 1. The zero-order valence-electron chi connectivity index (χ0n) is 16.4. The summed E-state index contributed by atoms with van der Waals surface area (Å²) >= 11 is 0. The van der Waals surface area contributed by atoms with Gasteiger partial charge in [0.2, 0.25) is 0 Å². The van der Waals surface area contributed by atoms with Gasteiger partial charge in [-0.3, -0.25) is 14.9 Å². The Balaban J connectivity index is 0.000000479. The van der Waals surface area contributed by atoms with E-state index in [1.54, 1.807) is 37.3 Å². The molecule has 0 unspecified atom stereocenters. The van der Waals surface area contributed by atoms with E-state index in [1.165, 1.54) is 12.1 Å². The highest BCUT2D eigenvalue weighted by atomic mass is 19.1. The van der Waals surface area contributed by atoms with Crippen LogP contribution in [0.4, 0.5) is 26.2 Å². The SMILES string of the molecule is CCOC(=O)Nc1ccc(NCc2ccc(F)cc2)cc1N.O=C(O)CCC(=O)O. The van der Waals surface area contributed by atoms with Gasteiger partial charge in [0.15, 0.2) is 0 Å². The summed E-state index contributed by atoms with van der Waals surface area (Å²) < 4.78 is 17.6. The average molecular weight is 421 g/mol. The molecule has 2 aromatic carbocycles. The van der Waals surface area contributed by atoms with E-state index in [4.69, 9.17) is 20.7 Å². The molecule has 0 aliphatic carbocycles. The Kier molecular flexibility index (Phi) is 10.2. The van der Waals surface area contributed by atoms with Gasteiger partial charge < -0.3 is 26.0 Å². The molecule has 0 fully saturated rings. The molecule has 0 saturated heterocycles. The van der Waals surface area contributed by atoms with Gasteiger partial charge in [0.1, 0.15) is 5.82 Å². The first-order valence-electron chi connectivity index (χ1n) is 8.96. The Morgan fingerprint density at radius 3 is 2.13 bits per heavy atom. The third-order valence-corrected chi connectivity index (χ3v) is 3.53.